The van der Waals surface area contributed by atoms with E-state index in [0.29, 0.717) is 17.7 Å². The molecular formula is C17H15NO3. The number of hydrogen-bond acceptors (Lipinski definition) is 3. The molecular weight excluding hydrogens is 266 g/mol. The standard InChI is InChI=1S/C17H15NO3/c19-11-12-4-3-6-14(10-12)21-16-9-8-13-5-1-2-7-15(13)18-17(16)20/h1-7,10-11,16H,8-9H2,(H,18,20). The first kappa shape index (κ1) is 13.4. The lowest BCUT2D eigenvalue weighted by Gasteiger charge is -2.16. The molecule has 4 nitrogen and oxygen atoms in total. The second kappa shape index (κ2) is 5.79. The van der Waals surface area contributed by atoms with E-state index >= 15 is 0 Å². The number of amides is 1. The predicted octanol–water partition coefficient (Wildman–Crippen LogP) is 2.83. The van der Waals surface area contributed by atoms with Crippen molar-refractivity contribution < 1.29 is 14.3 Å². The first-order chi connectivity index (χ1) is 10.3. The number of benzene rings is 2. The summed E-state index contributed by atoms with van der Waals surface area (Å²) in [6.45, 7) is 0. The van der Waals surface area contributed by atoms with Gasteiger partial charge in [0.1, 0.15) is 12.0 Å². The van der Waals surface area contributed by atoms with Crippen LogP contribution in [0.15, 0.2) is 48.5 Å². The van der Waals surface area contributed by atoms with Gasteiger partial charge in [-0.2, -0.15) is 0 Å². The van der Waals surface area contributed by atoms with Crippen LogP contribution in [0.1, 0.15) is 22.3 Å². The van der Waals surface area contributed by atoms with Gasteiger partial charge in [0.25, 0.3) is 5.91 Å². The second-order valence-electron chi connectivity index (χ2n) is 4.98. The van der Waals surface area contributed by atoms with Crippen LogP contribution in [-0.4, -0.2) is 18.3 Å². The van der Waals surface area contributed by atoms with Crippen molar-refractivity contribution >= 4 is 17.9 Å². The molecule has 1 aliphatic rings. The number of anilines is 1. The minimum atomic E-state index is -0.556. The predicted molar refractivity (Wildman–Crippen MR) is 79.6 cm³/mol. The van der Waals surface area contributed by atoms with Gasteiger partial charge < -0.3 is 10.1 Å². The highest BCUT2D eigenvalue weighted by Gasteiger charge is 2.25. The zero-order chi connectivity index (χ0) is 14.7. The van der Waals surface area contributed by atoms with Crippen molar-refractivity contribution in [3.8, 4) is 5.75 Å². The summed E-state index contributed by atoms with van der Waals surface area (Å²) in [4.78, 5) is 23.0. The van der Waals surface area contributed by atoms with Crippen LogP contribution < -0.4 is 10.1 Å². The Balaban J connectivity index is 1.78. The highest BCUT2D eigenvalue weighted by molar-refractivity contribution is 5.95. The van der Waals surface area contributed by atoms with Crippen LogP contribution in [0.25, 0.3) is 0 Å². The van der Waals surface area contributed by atoms with Crippen LogP contribution in [0.5, 0.6) is 5.75 Å². The number of hydrogen-bond donors (Lipinski definition) is 1. The van der Waals surface area contributed by atoms with Gasteiger partial charge in [0.2, 0.25) is 0 Å². The molecule has 1 atom stereocenters. The Kier molecular flexibility index (Phi) is 3.69. The summed E-state index contributed by atoms with van der Waals surface area (Å²) in [6.07, 6.45) is 1.58. The fraction of sp³-hybridized carbons (Fsp3) is 0.176. The normalized spacial score (nSPS) is 17.3. The fourth-order valence-electron chi connectivity index (χ4n) is 2.43. The van der Waals surface area contributed by atoms with Gasteiger partial charge in [-0.05, 0) is 36.6 Å². The van der Waals surface area contributed by atoms with E-state index in [9.17, 15) is 9.59 Å². The monoisotopic (exact) mass is 281 g/mol. The third kappa shape index (κ3) is 2.94. The minimum Gasteiger partial charge on any atom is -0.481 e. The summed E-state index contributed by atoms with van der Waals surface area (Å²) in [5, 5.41) is 2.89. The van der Waals surface area contributed by atoms with Gasteiger partial charge in [-0.1, -0.05) is 30.3 Å². The van der Waals surface area contributed by atoms with Crippen molar-refractivity contribution in [3.05, 3.63) is 59.7 Å². The molecule has 0 radical (unpaired) electrons. The summed E-state index contributed by atoms with van der Waals surface area (Å²) < 4.78 is 5.75. The second-order valence-corrected chi connectivity index (χ2v) is 4.98. The van der Waals surface area contributed by atoms with E-state index in [1.807, 2.05) is 24.3 Å². The molecule has 2 aromatic rings. The SMILES string of the molecule is O=Cc1cccc(OC2CCc3ccccc3NC2=O)c1. The molecule has 1 unspecified atom stereocenters. The number of nitrogens with one attached hydrogen (secondary N) is 1. The lowest BCUT2D eigenvalue weighted by Crippen LogP contribution is -2.31. The molecule has 0 bridgehead atoms. The van der Waals surface area contributed by atoms with Crippen LogP contribution in [0, 0.1) is 0 Å². The molecule has 2 aromatic carbocycles. The van der Waals surface area contributed by atoms with E-state index < -0.39 is 6.10 Å². The van der Waals surface area contributed by atoms with Crippen molar-refractivity contribution in [2.45, 2.75) is 18.9 Å². The highest BCUT2D eigenvalue weighted by atomic mass is 16.5. The van der Waals surface area contributed by atoms with Crippen molar-refractivity contribution in [2.75, 3.05) is 5.32 Å². The molecule has 106 valence electrons. The number of ether oxygens (including phenoxy) is 1. The number of carbonyl (C=O) groups excluding carboxylic acids is 2. The Morgan fingerprint density at radius 1 is 1.14 bits per heavy atom. The van der Waals surface area contributed by atoms with E-state index in [1.54, 1.807) is 24.3 Å². The molecule has 0 spiro atoms. The fourth-order valence-corrected chi connectivity index (χ4v) is 2.43. The first-order valence-electron chi connectivity index (χ1n) is 6.87. The van der Waals surface area contributed by atoms with Crippen LogP contribution in [0.2, 0.25) is 0 Å². The van der Waals surface area contributed by atoms with Gasteiger partial charge in [0, 0.05) is 11.3 Å². The molecule has 1 aliphatic heterocycles. The summed E-state index contributed by atoms with van der Waals surface area (Å²) >= 11 is 0. The van der Waals surface area contributed by atoms with Gasteiger partial charge in [0.05, 0.1) is 0 Å². The Morgan fingerprint density at radius 3 is 2.86 bits per heavy atom. The molecule has 1 N–H and O–H groups in total. The van der Waals surface area contributed by atoms with E-state index in [1.165, 1.54) is 0 Å². The van der Waals surface area contributed by atoms with Crippen LogP contribution in [0.4, 0.5) is 5.69 Å². The molecule has 0 saturated carbocycles. The molecule has 0 fully saturated rings. The number of aldehydes is 1. The summed E-state index contributed by atoms with van der Waals surface area (Å²) in [5.74, 6) is 0.377. The molecule has 1 heterocycles. The Labute approximate surface area is 122 Å². The van der Waals surface area contributed by atoms with Gasteiger partial charge in [-0.15, -0.1) is 0 Å². The Morgan fingerprint density at radius 2 is 2.00 bits per heavy atom. The summed E-state index contributed by atoms with van der Waals surface area (Å²) in [6, 6.07) is 14.6. The zero-order valence-electron chi connectivity index (χ0n) is 11.4. The van der Waals surface area contributed by atoms with E-state index in [0.717, 1.165) is 24.0 Å². The summed E-state index contributed by atoms with van der Waals surface area (Å²) in [7, 11) is 0. The van der Waals surface area contributed by atoms with Crippen LogP contribution in [0.3, 0.4) is 0 Å². The lowest BCUT2D eigenvalue weighted by atomic mass is 10.1. The van der Waals surface area contributed by atoms with Gasteiger partial charge >= 0.3 is 0 Å². The number of fused-ring (bicyclic) bond motifs is 1. The minimum absolute atomic E-state index is 0.156. The quantitative estimate of drug-likeness (QED) is 0.880. The van der Waals surface area contributed by atoms with Crippen molar-refractivity contribution in [1.29, 1.82) is 0 Å². The van der Waals surface area contributed by atoms with Crippen LogP contribution in [-0.2, 0) is 11.2 Å². The first-order valence-corrected chi connectivity index (χ1v) is 6.87. The van der Waals surface area contributed by atoms with Gasteiger partial charge in [-0.3, -0.25) is 9.59 Å². The third-order valence-corrected chi connectivity index (χ3v) is 3.52. The topological polar surface area (TPSA) is 55.4 Å². The molecule has 21 heavy (non-hydrogen) atoms. The maximum atomic E-state index is 12.2. The van der Waals surface area contributed by atoms with Gasteiger partial charge in [-0.25, -0.2) is 0 Å². The molecule has 0 aromatic heterocycles. The number of rotatable bonds is 3. The Hall–Kier alpha value is -2.62. The highest BCUT2D eigenvalue weighted by Crippen LogP contribution is 2.24. The summed E-state index contributed by atoms with van der Waals surface area (Å²) in [5.41, 5.74) is 2.48. The molecule has 0 saturated heterocycles. The van der Waals surface area contributed by atoms with Crippen molar-refractivity contribution in [1.82, 2.24) is 0 Å². The molecule has 3 rings (SSSR count). The Bertz CT molecular complexity index is 681. The molecule has 0 aliphatic carbocycles. The van der Waals surface area contributed by atoms with Crippen molar-refractivity contribution in [2.24, 2.45) is 0 Å². The largest absolute Gasteiger partial charge is 0.481 e. The lowest BCUT2D eigenvalue weighted by molar-refractivity contribution is -0.122. The van der Waals surface area contributed by atoms with Crippen molar-refractivity contribution in [3.63, 3.8) is 0 Å². The third-order valence-electron chi connectivity index (χ3n) is 3.52. The average molecular weight is 281 g/mol. The number of aryl methyl sites for hydroxylation is 1. The smallest absolute Gasteiger partial charge is 0.265 e. The number of para-hydroxylation sites is 1. The zero-order valence-corrected chi connectivity index (χ0v) is 11.4. The number of carbonyl (C=O) groups is 2. The van der Waals surface area contributed by atoms with E-state index in [-0.39, 0.29) is 5.91 Å². The maximum Gasteiger partial charge on any atom is 0.265 e. The molecule has 4 heteroatoms. The van der Waals surface area contributed by atoms with E-state index in [4.69, 9.17) is 4.74 Å². The van der Waals surface area contributed by atoms with Gasteiger partial charge in [0.15, 0.2) is 6.10 Å². The molecule has 1 amide bonds. The van der Waals surface area contributed by atoms with E-state index in [2.05, 4.69) is 5.32 Å². The maximum absolute atomic E-state index is 12.2. The average Bonchev–Trinajstić information content (AvgIpc) is 2.67. The van der Waals surface area contributed by atoms with Crippen LogP contribution >= 0.6 is 0 Å².